The maximum absolute atomic E-state index is 13.2. The summed E-state index contributed by atoms with van der Waals surface area (Å²) in [5, 5.41) is 11.5. The van der Waals surface area contributed by atoms with E-state index in [-0.39, 0.29) is 11.7 Å². The monoisotopic (exact) mass is 376 g/mol. The van der Waals surface area contributed by atoms with Crippen molar-refractivity contribution >= 4 is 17.7 Å². The molecule has 0 radical (unpaired) electrons. The summed E-state index contributed by atoms with van der Waals surface area (Å²) in [6.07, 6.45) is 7.46. The van der Waals surface area contributed by atoms with Crippen LogP contribution < -0.4 is 5.32 Å². The molecule has 5 nitrogen and oxygen atoms in total. The number of hydrogen-bond acceptors (Lipinski definition) is 3. The van der Waals surface area contributed by atoms with E-state index in [0.29, 0.717) is 11.3 Å². The van der Waals surface area contributed by atoms with Gasteiger partial charge in [-0.15, -0.1) is 10.2 Å². The maximum Gasteiger partial charge on any atom is 0.248 e. The third-order valence-electron chi connectivity index (χ3n) is 4.80. The minimum atomic E-state index is -0.329. The Morgan fingerprint density at radius 1 is 1.07 bits per heavy atom. The number of carbonyl (C=O) groups excluding carboxylic acids is 1. The molecule has 2 aromatic carbocycles. The number of nitrogens with one attached hydrogen (secondary N) is 1. The molecule has 0 spiro atoms. The number of benzene rings is 2. The van der Waals surface area contributed by atoms with Gasteiger partial charge in [-0.2, -0.15) is 0 Å². The predicted molar refractivity (Wildman–Crippen MR) is 107 cm³/mol. The van der Waals surface area contributed by atoms with Crippen LogP contribution in [0.4, 0.5) is 10.1 Å². The lowest BCUT2D eigenvalue weighted by atomic mass is 10.2. The molecule has 0 saturated carbocycles. The molecule has 0 bridgehead atoms. The molecule has 2 heterocycles. The highest BCUT2D eigenvalue weighted by atomic mass is 19.1. The number of aromatic nitrogens is 3. The zero-order valence-corrected chi connectivity index (χ0v) is 15.4. The Morgan fingerprint density at radius 3 is 2.75 bits per heavy atom. The minimum Gasteiger partial charge on any atom is -0.323 e. The van der Waals surface area contributed by atoms with Gasteiger partial charge in [0, 0.05) is 30.3 Å². The van der Waals surface area contributed by atoms with Crippen molar-refractivity contribution in [1.82, 2.24) is 14.8 Å². The van der Waals surface area contributed by atoms with Crippen LogP contribution in [0.15, 0.2) is 54.6 Å². The molecule has 0 unspecified atom stereocenters. The summed E-state index contributed by atoms with van der Waals surface area (Å²) in [7, 11) is 0. The van der Waals surface area contributed by atoms with Crippen LogP contribution in [0, 0.1) is 5.82 Å². The van der Waals surface area contributed by atoms with E-state index < -0.39 is 0 Å². The second-order valence-corrected chi connectivity index (χ2v) is 6.86. The van der Waals surface area contributed by atoms with Gasteiger partial charge < -0.3 is 9.88 Å². The fourth-order valence-corrected chi connectivity index (χ4v) is 3.37. The molecule has 1 aromatic heterocycles. The van der Waals surface area contributed by atoms with E-state index in [1.807, 2.05) is 24.3 Å². The average Bonchev–Trinajstić information content (AvgIpc) is 2.95. The Labute approximate surface area is 162 Å². The van der Waals surface area contributed by atoms with Gasteiger partial charge in [0.05, 0.1) is 0 Å². The van der Waals surface area contributed by atoms with Crippen LogP contribution in [0.5, 0.6) is 0 Å². The Kier molecular flexibility index (Phi) is 5.28. The Balaban J connectivity index is 1.44. The van der Waals surface area contributed by atoms with E-state index in [1.165, 1.54) is 24.6 Å². The molecule has 0 aliphatic carbocycles. The van der Waals surface area contributed by atoms with Crippen molar-refractivity contribution in [2.75, 3.05) is 5.32 Å². The van der Waals surface area contributed by atoms with Crippen molar-refractivity contribution in [1.29, 1.82) is 0 Å². The Morgan fingerprint density at radius 2 is 1.93 bits per heavy atom. The van der Waals surface area contributed by atoms with Crippen molar-refractivity contribution in [3.8, 4) is 11.4 Å². The summed E-state index contributed by atoms with van der Waals surface area (Å²) < 4.78 is 15.4. The van der Waals surface area contributed by atoms with Gasteiger partial charge in [-0.25, -0.2) is 4.39 Å². The number of aryl methyl sites for hydroxylation is 1. The van der Waals surface area contributed by atoms with Gasteiger partial charge in [-0.05, 0) is 60.9 Å². The second kappa shape index (κ2) is 8.17. The first-order chi connectivity index (χ1) is 13.7. The number of hydrogen-bond donors (Lipinski definition) is 1. The summed E-state index contributed by atoms with van der Waals surface area (Å²) in [5.74, 6) is 1.33. The lowest BCUT2D eigenvalue weighted by Crippen LogP contribution is -2.07. The zero-order valence-electron chi connectivity index (χ0n) is 15.4. The molecular weight excluding hydrogens is 355 g/mol. The van der Waals surface area contributed by atoms with E-state index in [9.17, 15) is 9.18 Å². The molecule has 28 heavy (non-hydrogen) atoms. The molecule has 0 saturated heterocycles. The summed E-state index contributed by atoms with van der Waals surface area (Å²) in [6, 6.07) is 13.7. The molecule has 0 atom stereocenters. The average molecular weight is 376 g/mol. The highest BCUT2D eigenvalue weighted by molar-refractivity contribution is 6.02. The van der Waals surface area contributed by atoms with E-state index in [0.717, 1.165) is 43.0 Å². The van der Waals surface area contributed by atoms with Gasteiger partial charge in [0.25, 0.3) is 0 Å². The van der Waals surface area contributed by atoms with Gasteiger partial charge in [-0.1, -0.05) is 18.6 Å². The minimum absolute atomic E-state index is 0.270. The standard InChI is InChI=1S/C22H21FN4O/c23-18-6-4-5-16(15-18)8-13-21(28)24-19-11-9-17(10-12-19)22-26-25-20-7-2-1-3-14-27(20)22/h4-6,8-13,15H,1-3,7,14H2,(H,24,28). The third kappa shape index (κ3) is 4.17. The van der Waals surface area contributed by atoms with Gasteiger partial charge in [0.15, 0.2) is 5.82 Å². The first kappa shape index (κ1) is 18.1. The van der Waals surface area contributed by atoms with Crippen LogP contribution >= 0.6 is 0 Å². The zero-order chi connectivity index (χ0) is 19.3. The smallest absolute Gasteiger partial charge is 0.248 e. The first-order valence-electron chi connectivity index (χ1n) is 9.46. The topological polar surface area (TPSA) is 59.8 Å². The molecule has 4 rings (SSSR count). The van der Waals surface area contributed by atoms with Crippen LogP contribution in [0.1, 0.15) is 30.7 Å². The fourth-order valence-electron chi connectivity index (χ4n) is 3.37. The van der Waals surface area contributed by atoms with Gasteiger partial charge >= 0.3 is 0 Å². The lowest BCUT2D eigenvalue weighted by molar-refractivity contribution is -0.111. The second-order valence-electron chi connectivity index (χ2n) is 6.86. The molecule has 3 aromatic rings. The van der Waals surface area contributed by atoms with Gasteiger partial charge in [0.2, 0.25) is 5.91 Å². The van der Waals surface area contributed by atoms with Crippen molar-refractivity contribution in [3.63, 3.8) is 0 Å². The molecular formula is C22H21FN4O. The number of nitrogens with zero attached hydrogens (tertiary/aromatic N) is 3. The third-order valence-corrected chi connectivity index (χ3v) is 4.80. The summed E-state index contributed by atoms with van der Waals surface area (Å²) in [5.41, 5.74) is 2.31. The first-order valence-corrected chi connectivity index (χ1v) is 9.46. The Bertz CT molecular complexity index is 1010. The highest BCUT2D eigenvalue weighted by Crippen LogP contribution is 2.24. The molecule has 6 heteroatoms. The molecule has 0 fully saturated rings. The molecule has 1 aliphatic rings. The van der Waals surface area contributed by atoms with Crippen molar-refractivity contribution in [3.05, 3.63) is 71.8 Å². The van der Waals surface area contributed by atoms with Crippen molar-refractivity contribution < 1.29 is 9.18 Å². The number of rotatable bonds is 4. The maximum atomic E-state index is 13.2. The van der Waals surface area contributed by atoms with Gasteiger partial charge in [0.1, 0.15) is 11.6 Å². The number of anilines is 1. The molecule has 142 valence electrons. The molecule has 1 amide bonds. The summed E-state index contributed by atoms with van der Waals surface area (Å²) >= 11 is 0. The largest absolute Gasteiger partial charge is 0.323 e. The Hall–Kier alpha value is -3.28. The SMILES string of the molecule is O=C(C=Cc1cccc(F)c1)Nc1ccc(-c2nnc3n2CCCCC3)cc1. The number of halogens is 1. The number of fused-ring (bicyclic) bond motifs is 1. The van der Waals surface area contributed by atoms with E-state index in [4.69, 9.17) is 0 Å². The van der Waals surface area contributed by atoms with Crippen molar-refractivity contribution in [2.24, 2.45) is 0 Å². The number of amides is 1. The van der Waals surface area contributed by atoms with E-state index in [2.05, 4.69) is 20.1 Å². The summed E-state index contributed by atoms with van der Waals surface area (Å²) in [6.45, 7) is 0.945. The summed E-state index contributed by atoms with van der Waals surface area (Å²) in [4.78, 5) is 12.1. The lowest BCUT2D eigenvalue weighted by Gasteiger charge is -2.08. The molecule has 1 aliphatic heterocycles. The predicted octanol–water partition coefficient (Wildman–Crippen LogP) is 4.46. The fraction of sp³-hybridized carbons (Fsp3) is 0.227. The normalized spacial score (nSPS) is 13.9. The van der Waals surface area contributed by atoms with E-state index >= 15 is 0 Å². The van der Waals surface area contributed by atoms with E-state index in [1.54, 1.807) is 18.2 Å². The van der Waals surface area contributed by atoms with Crippen LogP contribution in [0.25, 0.3) is 17.5 Å². The quantitative estimate of drug-likeness (QED) is 0.684. The highest BCUT2D eigenvalue weighted by Gasteiger charge is 2.15. The number of carbonyl (C=O) groups is 1. The van der Waals surface area contributed by atoms with Gasteiger partial charge in [-0.3, -0.25) is 4.79 Å². The van der Waals surface area contributed by atoms with Crippen LogP contribution in [-0.4, -0.2) is 20.7 Å². The van der Waals surface area contributed by atoms with Crippen molar-refractivity contribution in [2.45, 2.75) is 32.2 Å². The molecule has 1 N–H and O–H groups in total. The van der Waals surface area contributed by atoms with Crippen LogP contribution in [0.2, 0.25) is 0 Å². The van der Waals surface area contributed by atoms with Crippen LogP contribution in [0.3, 0.4) is 0 Å². The van der Waals surface area contributed by atoms with Crippen LogP contribution in [-0.2, 0) is 17.8 Å².